The smallest absolute Gasteiger partial charge is 0.255 e. The van der Waals surface area contributed by atoms with Gasteiger partial charge in [-0.25, -0.2) is 4.68 Å². The Bertz CT molecular complexity index is 1560. The maximum Gasteiger partial charge on any atom is 0.255 e. The molecule has 9 heteroatoms. The zero-order valence-electron chi connectivity index (χ0n) is 24.5. The number of nitrogens with one attached hydrogen (secondary N) is 2. The van der Waals surface area contributed by atoms with Crippen LogP contribution in [-0.4, -0.2) is 33.0 Å². The van der Waals surface area contributed by atoms with Gasteiger partial charge in [-0.15, -0.1) is 5.10 Å². The molecule has 1 amide bonds. The number of thioether (sulfide) groups is 1. The van der Waals surface area contributed by atoms with Crippen molar-refractivity contribution in [2.24, 2.45) is 0 Å². The van der Waals surface area contributed by atoms with E-state index in [0.29, 0.717) is 41.3 Å². The first kappa shape index (κ1) is 29.3. The Balaban J connectivity index is 1.45. The summed E-state index contributed by atoms with van der Waals surface area (Å²) in [6, 6.07) is 23.0. The Morgan fingerprint density at radius 2 is 1.76 bits per heavy atom. The normalized spacial score (nSPS) is 14.2. The predicted molar refractivity (Wildman–Crippen MR) is 168 cm³/mol. The molecule has 0 bridgehead atoms. The highest BCUT2D eigenvalue weighted by atomic mass is 32.2. The molecule has 0 aliphatic carbocycles. The molecule has 2 N–H and O–H groups in total. The molecule has 1 aliphatic rings. The molecular formula is C33H37N5O3S. The Hall–Kier alpha value is -4.24. The zero-order chi connectivity index (χ0) is 29.5. The van der Waals surface area contributed by atoms with Gasteiger partial charge in [0.05, 0.1) is 17.9 Å². The maximum atomic E-state index is 13.9. The van der Waals surface area contributed by atoms with Gasteiger partial charge in [0, 0.05) is 11.4 Å². The van der Waals surface area contributed by atoms with E-state index in [1.807, 2.05) is 79.2 Å². The molecule has 3 aromatic carbocycles. The summed E-state index contributed by atoms with van der Waals surface area (Å²) in [4.78, 5) is 18.7. The van der Waals surface area contributed by atoms with Gasteiger partial charge in [-0.2, -0.15) is 4.98 Å². The van der Waals surface area contributed by atoms with Crippen molar-refractivity contribution in [2.45, 2.75) is 58.3 Å². The van der Waals surface area contributed by atoms with Crippen LogP contribution in [0.4, 0.5) is 11.6 Å². The monoisotopic (exact) mass is 583 g/mol. The van der Waals surface area contributed by atoms with Gasteiger partial charge in [0.2, 0.25) is 11.1 Å². The van der Waals surface area contributed by atoms with Crippen molar-refractivity contribution in [1.82, 2.24) is 14.8 Å². The van der Waals surface area contributed by atoms with Gasteiger partial charge in [0.1, 0.15) is 24.1 Å². The minimum Gasteiger partial charge on any atom is -0.492 e. The summed E-state index contributed by atoms with van der Waals surface area (Å²) in [6.07, 6.45) is 2.19. The van der Waals surface area contributed by atoms with Crippen LogP contribution < -0.4 is 20.1 Å². The van der Waals surface area contributed by atoms with Gasteiger partial charge in [0.15, 0.2) is 0 Å². The maximum absolute atomic E-state index is 13.9. The lowest BCUT2D eigenvalue weighted by atomic mass is 9.95. The second-order valence-electron chi connectivity index (χ2n) is 10.1. The molecule has 0 spiro atoms. The van der Waals surface area contributed by atoms with E-state index in [-0.39, 0.29) is 5.91 Å². The van der Waals surface area contributed by atoms with E-state index in [9.17, 15) is 4.79 Å². The number of para-hydroxylation sites is 2. The third-order valence-electron chi connectivity index (χ3n) is 7.09. The van der Waals surface area contributed by atoms with Gasteiger partial charge in [-0.1, -0.05) is 73.6 Å². The number of fused-ring (bicyclic) bond motifs is 1. The molecule has 1 aliphatic heterocycles. The highest BCUT2D eigenvalue weighted by Crippen LogP contribution is 2.38. The molecule has 218 valence electrons. The van der Waals surface area contributed by atoms with E-state index in [1.54, 1.807) is 11.8 Å². The standard InChI is InChI=1S/C33H37N5O3S/c1-5-7-20-42-33-36-32-34-23(4)29(31(39)35-27-14-10-11-15-28(27)40-6-2)30(38(32)37-33)24-16-18-26(19-17-24)41-21-25-13-9-8-12-22(25)3/h8-19,30H,5-7,20-21H2,1-4H3,(H,35,39)(H,34,36,37). The van der Waals surface area contributed by atoms with Crippen molar-refractivity contribution < 1.29 is 14.3 Å². The lowest BCUT2D eigenvalue weighted by Gasteiger charge is -2.29. The number of hydrogen-bond acceptors (Lipinski definition) is 7. The van der Waals surface area contributed by atoms with E-state index in [0.717, 1.165) is 41.2 Å². The fourth-order valence-corrected chi connectivity index (χ4v) is 5.74. The minimum absolute atomic E-state index is 0.238. The van der Waals surface area contributed by atoms with Crippen LogP contribution >= 0.6 is 11.8 Å². The molecule has 0 saturated heterocycles. The second kappa shape index (κ2) is 13.6. The molecular weight excluding hydrogens is 546 g/mol. The van der Waals surface area contributed by atoms with Crippen LogP contribution in [0.1, 0.15) is 56.3 Å². The van der Waals surface area contributed by atoms with Gasteiger partial charge in [0.25, 0.3) is 5.91 Å². The summed E-state index contributed by atoms with van der Waals surface area (Å²) >= 11 is 1.63. The average Bonchev–Trinajstić information content (AvgIpc) is 3.39. The lowest BCUT2D eigenvalue weighted by molar-refractivity contribution is -0.113. The SMILES string of the molecule is CCCCSc1nc2n(n1)C(c1ccc(OCc3ccccc3C)cc1)C(C(=O)Nc1ccccc1OCC)=C(C)N2. The fraction of sp³-hybridized carbons (Fsp3) is 0.303. The highest BCUT2D eigenvalue weighted by molar-refractivity contribution is 7.99. The molecule has 42 heavy (non-hydrogen) atoms. The number of nitrogens with zero attached hydrogens (tertiary/aromatic N) is 3. The molecule has 8 nitrogen and oxygen atoms in total. The number of unbranched alkanes of at least 4 members (excludes halogenated alkanes) is 1. The first-order valence-corrected chi connectivity index (χ1v) is 15.3. The molecule has 1 atom stereocenters. The molecule has 1 aromatic heterocycles. The van der Waals surface area contributed by atoms with Crippen LogP contribution in [0, 0.1) is 6.92 Å². The summed E-state index contributed by atoms with van der Waals surface area (Å²) < 4.78 is 13.7. The average molecular weight is 584 g/mol. The number of rotatable bonds is 12. The van der Waals surface area contributed by atoms with Crippen LogP contribution in [0.3, 0.4) is 0 Å². The molecule has 1 unspecified atom stereocenters. The van der Waals surface area contributed by atoms with Crippen molar-refractivity contribution in [2.75, 3.05) is 23.0 Å². The van der Waals surface area contributed by atoms with E-state index in [4.69, 9.17) is 19.6 Å². The largest absolute Gasteiger partial charge is 0.492 e. The van der Waals surface area contributed by atoms with E-state index < -0.39 is 6.04 Å². The number of benzene rings is 3. The van der Waals surface area contributed by atoms with Crippen LogP contribution in [0.2, 0.25) is 0 Å². The number of amides is 1. The zero-order valence-corrected chi connectivity index (χ0v) is 25.3. The van der Waals surface area contributed by atoms with E-state index in [2.05, 4.69) is 36.6 Å². The van der Waals surface area contributed by atoms with Crippen LogP contribution in [0.25, 0.3) is 0 Å². The predicted octanol–water partition coefficient (Wildman–Crippen LogP) is 7.38. The Kier molecular flexibility index (Phi) is 9.48. The minimum atomic E-state index is -0.487. The molecule has 0 saturated carbocycles. The fourth-order valence-electron chi connectivity index (χ4n) is 4.82. The van der Waals surface area contributed by atoms with Crippen molar-refractivity contribution in [3.05, 3.63) is 101 Å². The quantitative estimate of drug-likeness (QED) is 0.133. The summed E-state index contributed by atoms with van der Waals surface area (Å²) in [5, 5.41) is 11.9. The van der Waals surface area contributed by atoms with Gasteiger partial charge in [-0.05, 0) is 68.1 Å². The number of aryl methyl sites for hydroxylation is 1. The van der Waals surface area contributed by atoms with Crippen LogP contribution in [-0.2, 0) is 11.4 Å². The Labute approximate surface area is 251 Å². The Morgan fingerprint density at radius 1 is 1.00 bits per heavy atom. The third-order valence-corrected chi connectivity index (χ3v) is 8.02. The van der Waals surface area contributed by atoms with Gasteiger partial charge in [-0.3, -0.25) is 4.79 Å². The molecule has 5 rings (SSSR count). The van der Waals surface area contributed by atoms with Gasteiger partial charge < -0.3 is 20.1 Å². The molecule has 4 aromatic rings. The summed E-state index contributed by atoms with van der Waals surface area (Å²) in [5.41, 5.74) is 5.12. The topological polar surface area (TPSA) is 90.3 Å². The van der Waals surface area contributed by atoms with Crippen molar-refractivity contribution in [3.63, 3.8) is 0 Å². The van der Waals surface area contributed by atoms with Gasteiger partial charge >= 0.3 is 0 Å². The molecule has 0 radical (unpaired) electrons. The summed E-state index contributed by atoms with van der Waals surface area (Å²) in [5.74, 6) is 2.69. The number of ether oxygens (including phenoxy) is 2. The second-order valence-corrected chi connectivity index (χ2v) is 11.2. The number of hydrogen-bond donors (Lipinski definition) is 2. The first-order valence-electron chi connectivity index (χ1n) is 14.4. The molecule has 2 heterocycles. The summed E-state index contributed by atoms with van der Waals surface area (Å²) in [6.45, 7) is 9.05. The Morgan fingerprint density at radius 3 is 2.52 bits per heavy atom. The number of carbonyl (C=O) groups excluding carboxylic acids is 1. The number of allylic oxidation sites excluding steroid dienone is 1. The molecule has 0 fully saturated rings. The van der Waals surface area contributed by atoms with Crippen molar-refractivity contribution >= 4 is 29.3 Å². The lowest BCUT2D eigenvalue weighted by Crippen LogP contribution is -2.31. The number of carbonyl (C=O) groups is 1. The van der Waals surface area contributed by atoms with Crippen molar-refractivity contribution in [1.29, 1.82) is 0 Å². The van der Waals surface area contributed by atoms with Crippen LogP contribution in [0.5, 0.6) is 11.5 Å². The van der Waals surface area contributed by atoms with E-state index >= 15 is 0 Å². The van der Waals surface area contributed by atoms with Crippen molar-refractivity contribution in [3.8, 4) is 11.5 Å². The number of aromatic nitrogens is 3. The van der Waals surface area contributed by atoms with E-state index in [1.165, 1.54) is 5.56 Å². The van der Waals surface area contributed by atoms with Crippen LogP contribution in [0.15, 0.2) is 89.2 Å². The highest BCUT2D eigenvalue weighted by Gasteiger charge is 2.34. The number of anilines is 2. The third kappa shape index (κ3) is 6.62. The summed E-state index contributed by atoms with van der Waals surface area (Å²) in [7, 11) is 0. The first-order chi connectivity index (χ1) is 20.5.